The van der Waals surface area contributed by atoms with Crippen LogP contribution in [0.4, 0.5) is 0 Å². The SMILES string of the molecule is CCCOc1cccc(CCc2cncc([C@H](CC(=O)O)CC(=O)[C@@H]3CCCN(C(=O)CCC4CCNCC4)C3)c2)c1. The highest BCUT2D eigenvalue weighted by Gasteiger charge is 2.31. The number of ether oxygens (including phenoxy) is 1. The molecule has 2 fully saturated rings. The topological polar surface area (TPSA) is 109 Å². The summed E-state index contributed by atoms with van der Waals surface area (Å²) >= 11 is 0. The fraction of sp³-hybridized carbons (Fsp3) is 0.588. The monoisotopic (exact) mass is 577 g/mol. The fourth-order valence-electron chi connectivity index (χ4n) is 6.22. The highest BCUT2D eigenvalue weighted by Crippen LogP contribution is 2.29. The molecule has 0 saturated carbocycles. The zero-order valence-corrected chi connectivity index (χ0v) is 25.1. The Morgan fingerprint density at radius 1 is 1.07 bits per heavy atom. The number of hydrogen-bond acceptors (Lipinski definition) is 6. The number of aromatic nitrogens is 1. The third-order valence-electron chi connectivity index (χ3n) is 8.68. The van der Waals surface area contributed by atoms with Crippen molar-refractivity contribution in [3.8, 4) is 5.75 Å². The molecule has 8 heteroatoms. The number of carbonyl (C=O) groups is 3. The predicted octanol–water partition coefficient (Wildman–Crippen LogP) is 5.19. The minimum absolute atomic E-state index is 0.0476. The molecule has 0 unspecified atom stereocenters. The van der Waals surface area contributed by atoms with Crippen LogP contribution in [-0.4, -0.2) is 65.4 Å². The Balaban J connectivity index is 1.34. The Labute approximate surface area is 250 Å². The maximum Gasteiger partial charge on any atom is 0.303 e. The van der Waals surface area contributed by atoms with Crippen molar-refractivity contribution in [1.82, 2.24) is 15.2 Å². The van der Waals surface area contributed by atoms with Gasteiger partial charge >= 0.3 is 5.97 Å². The van der Waals surface area contributed by atoms with Gasteiger partial charge in [-0.15, -0.1) is 0 Å². The van der Waals surface area contributed by atoms with Crippen molar-refractivity contribution in [3.05, 3.63) is 59.4 Å². The Morgan fingerprint density at radius 3 is 2.67 bits per heavy atom. The molecule has 0 radical (unpaired) electrons. The number of benzene rings is 1. The summed E-state index contributed by atoms with van der Waals surface area (Å²) in [5.41, 5.74) is 2.96. The highest BCUT2D eigenvalue weighted by atomic mass is 16.5. The summed E-state index contributed by atoms with van der Waals surface area (Å²) in [5, 5.41) is 13.0. The maximum absolute atomic E-state index is 13.5. The van der Waals surface area contributed by atoms with Crippen molar-refractivity contribution in [1.29, 1.82) is 0 Å². The van der Waals surface area contributed by atoms with Gasteiger partial charge < -0.3 is 20.1 Å². The van der Waals surface area contributed by atoms with Gasteiger partial charge in [0.1, 0.15) is 11.5 Å². The summed E-state index contributed by atoms with van der Waals surface area (Å²) in [6.45, 7) is 5.97. The molecule has 3 heterocycles. The number of aliphatic carboxylic acids is 1. The molecule has 228 valence electrons. The number of nitrogens with zero attached hydrogens (tertiary/aromatic N) is 2. The zero-order chi connectivity index (χ0) is 29.7. The van der Waals surface area contributed by atoms with Crippen molar-refractivity contribution in [2.24, 2.45) is 11.8 Å². The molecule has 42 heavy (non-hydrogen) atoms. The van der Waals surface area contributed by atoms with E-state index in [0.29, 0.717) is 32.0 Å². The van der Waals surface area contributed by atoms with Crippen molar-refractivity contribution < 1.29 is 24.2 Å². The lowest BCUT2D eigenvalue weighted by molar-refractivity contribution is -0.137. The first-order valence-corrected chi connectivity index (χ1v) is 15.8. The molecule has 1 aromatic carbocycles. The van der Waals surface area contributed by atoms with Gasteiger partial charge in [0.15, 0.2) is 0 Å². The number of ketones is 1. The lowest BCUT2D eigenvalue weighted by Crippen LogP contribution is -2.42. The van der Waals surface area contributed by atoms with E-state index in [1.807, 2.05) is 29.3 Å². The van der Waals surface area contributed by atoms with Crippen LogP contribution >= 0.6 is 0 Å². The van der Waals surface area contributed by atoms with E-state index in [0.717, 1.165) is 81.3 Å². The van der Waals surface area contributed by atoms with Crippen molar-refractivity contribution in [2.75, 3.05) is 32.8 Å². The van der Waals surface area contributed by atoms with Gasteiger partial charge in [-0.3, -0.25) is 19.4 Å². The van der Waals surface area contributed by atoms with Crippen molar-refractivity contribution in [2.45, 2.75) is 83.5 Å². The molecular weight excluding hydrogens is 530 g/mol. The number of piperidine rings is 2. The summed E-state index contributed by atoms with van der Waals surface area (Å²) in [6, 6.07) is 10.1. The average Bonchev–Trinajstić information content (AvgIpc) is 3.02. The van der Waals surface area contributed by atoms with Crippen LogP contribution in [0.2, 0.25) is 0 Å². The second kappa shape index (κ2) is 16.4. The Morgan fingerprint density at radius 2 is 1.88 bits per heavy atom. The molecule has 1 aromatic heterocycles. The van der Waals surface area contributed by atoms with E-state index >= 15 is 0 Å². The van der Waals surface area contributed by atoms with Crippen LogP contribution in [0.3, 0.4) is 0 Å². The minimum atomic E-state index is -0.930. The molecule has 2 aliphatic rings. The molecule has 2 N–H and O–H groups in total. The number of rotatable bonds is 15. The average molecular weight is 578 g/mol. The van der Waals surface area contributed by atoms with Crippen LogP contribution in [0.1, 0.15) is 87.3 Å². The van der Waals surface area contributed by atoms with E-state index in [4.69, 9.17) is 4.74 Å². The lowest BCUT2D eigenvalue weighted by Gasteiger charge is -2.33. The Hall–Kier alpha value is -3.26. The molecule has 0 spiro atoms. The molecule has 2 atom stereocenters. The number of carbonyl (C=O) groups excluding carboxylic acids is 2. The number of amides is 1. The standard InChI is InChI=1S/C34H47N3O5/c1-2-17-42-31-7-3-5-26(19-31)8-9-27-18-30(23-36-22-27)29(21-34(40)41)20-32(38)28-6-4-16-37(24-28)33(39)11-10-25-12-14-35-15-13-25/h3,5,7,18-19,22-23,25,28-29,35H,2,4,6,8-17,20-21,24H2,1H3,(H,40,41)/t28-,29+/m1/s1. The lowest BCUT2D eigenvalue weighted by atomic mass is 9.84. The van der Waals surface area contributed by atoms with Gasteiger partial charge in [-0.05, 0) is 99.2 Å². The third-order valence-corrected chi connectivity index (χ3v) is 8.68. The van der Waals surface area contributed by atoms with Gasteiger partial charge in [0, 0.05) is 50.2 Å². The van der Waals surface area contributed by atoms with E-state index < -0.39 is 11.9 Å². The van der Waals surface area contributed by atoms with Gasteiger partial charge in [-0.2, -0.15) is 0 Å². The van der Waals surface area contributed by atoms with Crippen molar-refractivity contribution in [3.63, 3.8) is 0 Å². The first-order valence-electron chi connectivity index (χ1n) is 15.8. The number of hydrogen-bond donors (Lipinski definition) is 2. The Bertz CT molecular complexity index is 1180. The van der Waals surface area contributed by atoms with Crippen molar-refractivity contribution >= 4 is 17.7 Å². The van der Waals surface area contributed by atoms with E-state index in [1.54, 1.807) is 6.20 Å². The Kier molecular flexibility index (Phi) is 12.4. The number of likely N-dealkylation sites (tertiary alicyclic amines) is 1. The van der Waals surface area contributed by atoms with Gasteiger partial charge in [-0.25, -0.2) is 0 Å². The molecule has 4 rings (SSSR count). The van der Waals surface area contributed by atoms with Gasteiger partial charge in [0.25, 0.3) is 0 Å². The van der Waals surface area contributed by atoms with Crippen LogP contribution in [0.5, 0.6) is 5.75 Å². The molecule has 2 aromatic rings. The molecule has 1 amide bonds. The molecule has 2 saturated heterocycles. The van der Waals surface area contributed by atoms with Gasteiger partial charge in [0.05, 0.1) is 13.0 Å². The quantitative estimate of drug-likeness (QED) is 0.300. The molecule has 2 aliphatic heterocycles. The van der Waals surface area contributed by atoms with Crippen LogP contribution < -0.4 is 10.1 Å². The second-order valence-corrected chi connectivity index (χ2v) is 12.0. The number of aryl methyl sites for hydroxylation is 2. The largest absolute Gasteiger partial charge is 0.494 e. The van der Waals surface area contributed by atoms with Crippen LogP contribution in [-0.2, 0) is 27.2 Å². The first kappa shape index (κ1) is 31.7. The molecule has 0 bridgehead atoms. The molecule has 0 aliphatic carbocycles. The summed E-state index contributed by atoms with van der Waals surface area (Å²) in [7, 11) is 0. The van der Waals surface area contributed by atoms with E-state index in [-0.39, 0.29) is 30.4 Å². The van der Waals surface area contributed by atoms with Gasteiger partial charge in [0.2, 0.25) is 5.91 Å². The first-order chi connectivity index (χ1) is 20.4. The third kappa shape index (κ3) is 9.93. The number of carboxylic acids is 1. The number of Topliss-reactive ketones (excluding diaryl/α,β-unsaturated/α-hetero) is 1. The van der Waals surface area contributed by atoms with Crippen LogP contribution in [0.15, 0.2) is 42.7 Å². The van der Waals surface area contributed by atoms with E-state index in [9.17, 15) is 19.5 Å². The summed E-state index contributed by atoms with van der Waals surface area (Å²) in [4.78, 5) is 44.5. The summed E-state index contributed by atoms with van der Waals surface area (Å²) in [6.07, 6.45) is 11.3. The van der Waals surface area contributed by atoms with E-state index in [1.165, 1.54) is 5.56 Å². The van der Waals surface area contributed by atoms with E-state index in [2.05, 4.69) is 29.4 Å². The normalized spacial score (nSPS) is 18.4. The fourth-order valence-corrected chi connectivity index (χ4v) is 6.22. The second-order valence-electron chi connectivity index (χ2n) is 12.0. The smallest absolute Gasteiger partial charge is 0.303 e. The number of nitrogens with one attached hydrogen (secondary N) is 1. The maximum atomic E-state index is 13.5. The molecule has 8 nitrogen and oxygen atoms in total. The highest BCUT2D eigenvalue weighted by molar-refractivity contribution is 5.84. The van der Waals surface area contributed by atoms with Crippen LogP contribution in [0.25, 0.3) is 0 Å². The summed E-state index contributed by atoms with van der Waals surface area (Å²) in [5.74, 6) is 0.0457. The van der Waals surface area contributed by atoms with Crippen LogP contribution in [0, 0.1) is 11.8 Å². The predicted molar refractivity (Wildman–Crippen MR) is 163 cm³/mol. The number of carboxylic acid groups (broad SMARTS) is 1. The summed E-state index contributed by atoms with van der Waals surface area (Å²) < 4.78 is 5.76. The van der Waals surface area contributed by atoms with Gasteiger partial charge in [-0.1, -0.05) is 25.1 Å². The number of pyridine rings is 1. The minimum Gasteiger partial charge on any atom is -0.494 e. The zero-order valence-electron chi connectivity index (χ0n) is 25.1. The molecular formula is C34H47N3O5.